The van der Waals surface area contributed by atoms with Gasteiger partial charge in [0.05, 0.1) is 22.2 Å². The highest BCUT2D eigenvalue weighted by Gasteiger charge is 2.21. The van der Waals surface area contributed by atoms with E-state index in [4.69, 9.17) is 33.7 Å². The van der Waals surface area contributed by atoms with Gasteiger partial charge in [0.1, 0.15) is 0 Å². The first-order valence-electron chi connectivity index (χ1n) is 6.56. The van der Waals surface area contributed by atoms with Crippen molar-refractivity contribution in [2.45, 2.75) is 12.8 Å². The van der Waals surface area contributed by atoms with Crippen LogP contribution in [-0.4, -0.2) is 37.6 Å². The summed E-state index contributed by atoms with van der Waals surface area (Å²) in [4.78, 5) is 13.8. The Morgan fingerprint density at radius 3 is 2.80 bits per heavy atom. The average Bonchev–Trinajstić information content (AvgIpc) is 3.22. The van der Waals surface area contributed by atoms with Crippen molar-refractivity contribution in [3.8, 4) is 0 Å². The molecule has 0 bridgehead atoms. The van der Waals surface area contributed by atoms with Gasteiger partial charge in [-0.05, 0) is 30.9 Å². The molecule has 1 aliphatic rings. The van der Waals surface area contributed by atoms with E-state index >= 15 is 0 Å². The normalized spacial score (nSPS) is 14.3. The minimum atomic E-state index is -0.209. The fourth-order valence-corrected chi connectivity index (χ4v) is 2.23. The number of nitrogens with zero attached hydrogens (tertiary/aromatic N) is 1. The van der Waals surface area contributed by atoms with Gasteiger partial charge in [0.15, 0.2) is 0 Å². The lowest BCUT2D eigenvalue weighted by Crippen LogP contribution is -2.30. The van der Waals surface area contributed by atoms with E-state index in [2.05, 4.69) is 0 Å². The predicted octanol–water partition coefficient (Wildman–Crippen LogP) is 3.07. The van der Waals surface area contributed by atoms with Crippen LogP contribution in [0.25, 0.3) is 0 Å². The highest BCUT2D eigenvalue weighted by molar-refractivity contribution is 6.44. The second-order valence-electron chi connectivity index (χ2n) is 5.11. The molecule has 2 N–H and O–H groups in total. The van der Waals surface area contributed by atoms with E-state index in [0.29, 0.717) is 24.4 Å². The first-order valence-corrected chi connectivity index (χ1v) is 7.32. The molecule has 0 unspecified atom stereocenters. The number of carbonyl (C=O) groups is 1. The molecule has 2 rings (SSSR count). The molecule has 6 heteroatoms. The second-order valence-corrected chi connectivity index (χ2v) is 5.89. The van der Waals surface area contributed by atoms with E-state index in [1.54, 1.807) is 11.9 Å². The van der Waals surface area contributed by atoms with Crippen LogP contribution in [0.3, 0.4) is 0 Å². The molecule has 0 aromatic heterocycles. The van der Waals surface area contributed by atoms with Gasteiger partial charge in [-0.1, -0.05) is 23.2 Å². The molecule has 0 radical (unpaired) electrons. The fraction of sp³-hybridized carbons (Fsp3) is 0.500. The molecule has 4 nitrogen and oxygen atoms in total. The summed E-state index contributed by atoms with van der Waals surface area (Å²) in [6.07, 6.45) is 2.51. The summed E-state index contributed by atoms with van der Waals surface area (Å²) in [5.41, 5.74) is 6.43. The third kappa shape index (κ3) is 4.01. The first-order chi connectivity index (χ1) is 9.49. The number of ether oxygens (including phenoxy) is 1. The van der Waals surface area contributed by atoms with Crippen LogP contribution >= 0.6 is 23.2 Å². The number of halogens is 2. The second kappa shape index (κ2) is 6.66. The molecule has 1 aliphatic carbocycles. The number of carbonyl (C=O) groups excluding carboxylic acids is 1. The molecule has 20 heavy (non-hydrogen) atoms. The van der Waals surface area contributed by atoms with Gasteiger partial charge in [-0.15, -0.1) is 0 Å². The molecule has 1 aromatic rings. The minimum Gasteiger partial charge on any atom is -0.399 e. The van der Waals surface area contributed by atoms with Gasteiger partial charge in [-0.2, -0.15) is 0 Å². The highest BCUT2D eigenvalue weighted by atomic mass is 35.5. The largest absolute Gasteiger partial charge is 0.399 e. The van der Waals surface area contributed by atoms with Gasteiger partial charge < -0.3 is 15.4 Å². The Morgan fingerprint density at radius 1 is 1.45 bits per heavy atom. The molecule has 0 saturated heterocycles. The standard InChI is InChI=1S/C14H18Cl2N2O2/c1-18(4-5-20-8-9-2-3-9)14(19)11-6-10(17)7-12(15)13(11)16/h6-7,9H,2-5,8,17H2,1H3. The summed E-state index contributed by atoms with van der Waals surface area (Å²) in [6.45, 7) is 1.81. The lowest BCUT2D eigenvalue weighted by molar-refractivity contribution is 0.0681. The van der Waals surface area contributed by atoms with Crippen molar-refractivity contribution >= 4 is 34.8 Å². The molecular weight excluding hydrogens is 299 g/mol. The Bertz CT molecular complexity index is 504. The van der Waals surface area contributed by atoms with Gasteiger partial charge in [-0.3, -0.25) is 4.79 Å². The van der Waals surface area contributed by atoms with Crippen LogP contribution in [0.4, 0.5) is 5.69 Å². The summed E-state index contributed by atoms with van der Waals surface area (Å²) in [7, 11) is 1.70. The number of hydrogen-bond donors (Lipinski definition) is 1. The number of amides is 1. The van der Waals surface area contributed by atoms with Crippen molar-refractivity contribution < 1.29 is 9.53 Å². The molecule has 0 spiro atoms. The van der Waals surface area contributed by atoms with Crippen molar-refractivity contribution in [3.05, 3.63) is 27.7 Å². The van der Waals surface area contributed by atoms with Crippen LogP contribution in [-0.2, 0) is 4.74 Å². The van der Waals surface area contributed by atoms with Crippen molar-refractivity contribution in [3.63, 3.8) is 0 Å². The minimum absolute atomic E-state index is 0.209. The van der Waals surface area contributed by atoms with Crippen molar-refractivity contribution in [1.29, 1.82) is 0 Å². The SMILES string of the molecule is CN(CCOCC1CC1)C(=O)c1cc(N)cc(Cl)c1Cl. The Morgan fingerprint density at radius 2 is 2.15 bits per heavy atom. The Kier molecular flexibility index (Phi) is 5.13. The Hall–Kier alpha value is -0.970. The maximum absolute atomic E-state index is 12.3. The summed E-state index contributed by atoms with van der Waals surface area (Å²) >= 11 is 12.0. The zero-order chi connectivity index (χ0) is 14.7. The van der Waals surface area contributed by atoms with Crippen LogP contribution in [0.2, 0.25) is 10.0 Å². The maximum Gasteiger partial charge on any atom is 0.255 e. The van der Waals surface area contributed by atoms with Crippen LogP contribution in [0, 0.1) is 5.92 Å². The van der Waals surface area contributed by atoms with Gasteiger partial charge in [-0.25, -0.2) is 0 Å². The third-order valence-electron chi connectivity index (χ3n) is 3.25. The molecular formula is C14H18Cl2N2O2. The first kappa shape index (κ1) is 15.4. The van der Waals surface area contributed by atoms with E-state index in [1.807, 2.05) is 0 Å². The molecule has 1 saturated carbocycles. The number of nitrogen functional groups attached to an aromatic ring is 1. The number of anilines is 1. The highest BCUT2D eigenvalue weighted by Crippen LogP contribution is 2.30. The van der Waals surface area contributed by atoms with E-state index in [1.165, 1.54) is 25.0 Å². The fourth-order valence-electron chi connectivity index (χ4n) is 1.81. The number of hydrogen-bond acceptors (Lipinski definition) is 3. The van der Waals surface area contributed by atoms with Crippen molar-refractivity contribution in [1.82, 2.24) is 4.90 Å². The molecule has 1 fully saturated rings. The summed E-state index contributed by atoms with van der Waals surface area (Å²) < 4.78 is 5.51. The van der Waals surface area contributed by atoms with E-state index in [9.17, 15) is 4.79 Å². The topological polar surface area (TPSA) is 55.6 Å². The van der Waals surface area contributed by atoms with Crippen LogP contribution in [0.15, 0.2) is 12.1 Å². The Balaban J connectivity index is 1.91. The van der Waals surface area contributed by atoms with Crippen LogP contribution in [0.5, 0.6) is 0 Å². The third-order valence-corrected chi connectivity index (χ3v) is 4.05. The maximum atomic E-state index is 12.3. The smallest absolute Gasteiger partial charge is 0.255 e. The van der Waals surface area contributed by atoms with Crippen LogP contribution < -0.4 is 5.73 Å². The predicted molar refractivity (Wildman–Crippen MR) is 81.4 cm³/mol. The molecule has 0 atom stereocenters. The van der Waals surface area contributed by atoms with E-state index < -0.39 is 0 Å². The van der Waals surface area contributed by atoms with Crippen molar-refractivity contribution in [2.75, 3.05) is 32.5 Å². The molecule has 0 aliphatic heterocycles. The van der Waals surface area contributed by atoms with E-state index in [-0.39, 0.29) is 16.0 Å². The van der Waals surface area contributed by atoms with E-state index in [0.717, 1.165) is 12.5 Å². The lowest BCUT2D eigenvalue weighted by atomic mass is 10.1. The van der Waals surface area contributed by atoms with Gasteiger partial charge in [0.2, 0.25) is 0 Å². The quantitative estimate of drug-likeness (QED) is 0.648. The zero-order valence-electron chi connectivity index (χ0n) is 11.4. The number of benzene rings is 1. The lowest BCUT2D eigenvalue weighted by Gasteiger charge is -2.18. The summed E-state index contributed by atoms with van der Waals surface area (Å²) in [5.74, 6) is 0.511. The molecule has 110 valence electrons. The average molecular weight is 317 g/mol. The van der Waals surface area contributed by atoms with Gasteiger partial charge in [0.25, 0.3) is 5.91 Å². The molecule has 1 aromatic carbocycles. The Labute approximate surface area is 128 Å². The van der Waals surface area contributed by atoms with Gasteiger partial charge in [0, 0.05) is 25.9 Å². The van der Waals surface area contributed by atoms with Gasteiger partial charge >= 0.3 is 0 Å². The molecule has 1 amide bonds. The number of likely N-dealkylation sites (N-methyl/N-ethyl adjacent to an activating group) is 1. The monoisotopic (exact) mass is 316 g/mol. The van der Waals surface area contributed by atoms with Crippen molar-refractivity contribution in [2.24, 2.45) is 5.92 Å². The zero-order valence-corrected chi connectivity index (χ0v) is 12.9. The number of rotatable bonds is 6. The molecule has 0 heterocycles. The van der Waals surface area contributed by atoms with Crippen LogP contribution in [0.1, 0.15) is 23.2 Å². The summed E-state index contributed by atoms with van der Waals surface area (Å²) in [6, 6.07) is 3.07. The summed E-state index contributed by atoms with van der Waals surface area (Å²) in [5, 5.41) is 0.519. The number of nitrogens with two attached hydrogens (primary N) is 1.